The van der Waals surface area contributed by atoms with E-state index in [1.165, 1.54) is 25.1 Å². The van der Waals surface area contributed by atoms with E-state index >= 15 is 0 Å². The zero-order valence-corrected chi connectivity index (χ0v) is 11.2. The summed E-state index contributed by atoms with van der Waals surface area (Å²) in [5.74, 6) is -2.22. The molecule has 0 amide bonds. The summed E-state index contributed by atoms with van der Waals surface area (Å²) >= 11 is 0. The molecule has 2 N–H and O–H groups in total. The van der Waals surface area contributed by atoms with Gasteiger partial charge < -0.3 is 10.2 Å². The lowest BCUT2D eigenvalue weighted by atomic mass is 10.0. The maximum absolute atomic E-state index is 10.6. The first kappa shape index (κ1) is 14.5. The van der Waals surface area contributed by atoms with E-state index in [4.69, 9.17) is 10.2 Å². The predicted octanol–water partition coefficient (Wildman–Crippen LogP) is 2.47. The first-order valence-corrected chi connectivity index (χ1v) is 6.13. The Hall–Kier alpha value is -2.95. The molecule has 0 atom stereocenters. The van der Waals surface area contributed by atoms with Crippen molar-refractivity contribution >= 4 is 22.7 Å². The van der Waals surface area contributed by atoms with Gasteiger partial charge in [0.1, 0.15) is 0 Å². The largest absolute Gasteiger partial charge is 0.478 e. The van der Waals surface area contributed by atoms with Crippen molar-refractivity contribution in [1.29, 1.82) is 0 Å². The summed E-state index contributed by atoms with van der Waals surface area (Å²) in [6.07, 6.45) is 0. The fourth-order valence-electron chi connectivity index (χ4n) is 1.93. The minimum atomic E-state index is -1.11. The van der Waals surface area contributed by atoms with Crippen LogP contribution in [0.15, 0.2) is 47.3 Å². The molecule has 0 fully saturated rings. The maximum Gasteiger partial charge on any atom is 0.335 e. The first-order valence-electron chi connectivity index (χ1n) is 6.13. The second kappa shape index (κ2) is 5.58. The van der Waals surface area contributed by atoms with Crippen LogP contribution in [0.3, 0.4) is 0 Å². The standard InChI is InChI=1S/C9H8O4.C7H4O/c1-5-6(8(10)11)3-2-4-7(5)9(12)13;8-7-5-3-1-2-4-6(5)7/h2-4H,1H3,(H,10,11)(H,12,13);1-4H. The third-order valence-corrected chi connectivity index (χ3v) is 3.15. The van der Waals surface area contributed by atoms with Crippen LogP contribution in [0.25, 0.3) is 10.8 Å². The van der Waals surface area contributed by atoms with E-state index in [0.29, 0.717) is 0 Å². The monoisotopic (exact) mass is 284 g/mol. The molecule has 0 aliphatic carbocycles. The number of fused-ring (bicyclic) bond motifs is 1. The van der Waals surface area contributed by atoms with Gasteiger partial charge in [-0.05, 0) is 24.6 Å². The van der Waals surface area contributed by atoms with E-state index in [-0.39, 0.29) is 22.1 Å². The molecule has 0 saturated carbocycles. The Morgan fingerprint density at radius 1 is 0.810 bits per heavy atom. The molecular formula is C16H12O5. The Balaban J connectivity index is 0.000000170. The van der Waals surface area contributed by atoms with E-state index in [2.05, 4.69) is 0 Å². The van der Waals surface area contributed by atoms with Crippen molar-refractivity contribution in [1.82, 2.24) is 0 Å². The van der Waals surface area contributed by atoms with Crippen LogP contribution in [0.4, 0.5) is 0 Å². The topological polar surface area (TPSA) is 91.7 Å². The summed E-state index contributed by atoms with van der Waals surface area (Å²) < 4.78 is 0. The van der Waals surface area contributed by atoms with Gasteiger partial charge >= 0.3 is 11.9 Å². The van der Waals surface area contributed by atoms with Crippen LogP contribution in [0.1, 0.15) is 26.3 Å². The summed E-state index contributed by atoms with van der Waals surface area (Å²) in [6.45, 7) is 1.48. The van der Waals surface area contributed by atoms with Crippen LogP contribution < -0.4 is 5.43 Å². The number of aromatic carboxylic acids is 2. The van der Waals surface area contributed by atoms with Crippen LogP contribution in [0.5, 0.6) is 0 Å². The number of carboxylic acids is 2. The SMILES string of the molecule is Cc1c(C(=O)O)cccc1C(=O)O.O=c1c2ccccc12. The summed E-state index contributed by atoms with van der Waals surface area (Å²) in [7, 11) is 0. The molecule has 5 heteroatoms. The highest BCUT2D eigenvalue weighted by atomic mass is 16.4. The lowest BCUT2D eigenvalue weighted by molar-refractivity contribution is 0.0696. The average Bonchev–Trinajstić information content (AvgIpc) is 3.11. The number of hydrogen-bond acceptors (Lipinski definition) is 3. The van der Waals surface area contributed by atoms with Gasteiger partial charge in [-0.15, -0.1) is 0 Å². The van der Waals surface area contributed by atoms with Gasteiger partial charge in [-0.1, -0.05) is 30.3 Å². The van der Waals surface area contributed by atoms with Crippen molar-refractivity contribution in [2.75, 3.05) is 0 Å². The maximum atomic E-state index is 10.6. The van der Waals surface area contributed by atoms with Gasteiger partial charge in [-0.25, -0.2) is 9.59 Å². The van der Waals surface area contributed by atoms with Crippen molar-refractivity contribution in [2.45, 2.75) is 6.92 Å². The number of benzene rings is 2. The van der Waals surface area contributed by atoms with Gasteiger partial charge in [0.25, 0.3) is 0 Å². The molecular weight excluding hydrogens is 272 g/mol. The summed E-state index contributed by atoms with van der Waals surface area (Å²) in [5, 5.41) is 19.1. The number of carboxylic acid groups (broad SMARTS) is 2. The summed E-state index contributed by atoms with van der Waals surface area (Å²) in [5.41, 5.74) is 0.553. The number of carbonyl (C=O) groups is 2. The molecule has 0 aliphatic heterocycles. The molecule has 3 rings (SSSR count). The van der Waals surface area contributed by atoms with Crippen LogP contribution in [0.2, 0.25) is 0 Å². The lowest BCUT2D eigenvalue weighted by Crippen LogP contribution is -2.06. The molecule has 5 nitrogen and oxygen atoms in total. The quantitative estimate of drug-likeness (QED) is 0.754. The lowest BCUT2D eigenvalue weighted by Gasteiger charge is -2.03. The van der Waals surface area contributed by atoms with E-state index in [1.54, 1.807) is 0 Å². The molecule has 0 heterocycles. The zero-order chi connectivity index (χ0) is 15.6. The molecule has 3 aromatic carbocycles. The highest BCUT2D eigenvalue weighted by Crippen LogP contribution is 2.13. The normalized spacial score (nSPS) is 10.1. The Morgan fingerprint density at radius 2 is 1.24 bits per heavy atom. The van der Waals surface area contributed by atoms with Crippen molar-refractivity contribution in [3.8, 4) is 0 Å². The van der Waals surface area contributed by atoms with Gasteiger partial charge in [-0.3, -0.25) is 4.79 Å². The Bertz CT molecular complexity index is 774. The van der Waals surface area contributed by atoms with Gasteiger partial charge in [0, 0.05) is 10.8 Å². The molecule has 0 saturated heterocycles. The summed E-state index contributed by atoms with van der Waals surface area (Å²) in [4.78, 5) is 31.8. The fourth-order valence-corrected chi connectivity index (χ4v) is 1.93. The van der Waals surface area contributed by atoms with E-state index in [1.807, 2.05) is 24.3 Å². The molecule has 0 bridgehead atoms. The number of hydrogen-bond donors (Lipinski definition) is 2. The van der Waals surface area contributed by atoms with E-state index in [0.717, 1.165) is 10.8 Å². The smallest absolute Gasteiger partial charge is 0.335 e. The van der Waals surface area contributed by atoms with Crippen molar-refractivity contribution in [3.05, 3.63) is 69.4 Å². The minimum absolute atomic E-state index is 0.0277. The molecule has 0 aliphatic rings. The van der Waals surface area contributed by atoms with Gasteiger partial charge in [0.15, 0.2) is 5.43 Å². The average molecular weight is 284 g/mol. The van der Waals surface area contributed by atoms with Crippen LogP contribution >= 0.6 is 0 Å². The molecule has 0 unspecified atom stereocenters. The highest BCUT2D eigenvalue weighted by Gasteiger charge is 2.13. The van der Waals surface area contributed by atoms with Crippen LogP contribution in [-0.2, 0) is 0 Å². The predicted molar refractivity (Wildman–Crippen MR) is 77.7 cm³/mol. The van der Waals surface area contributed by atoms with E-state index < -0.39 is 11.9 Å². The molecule has 0 aromatic heterocycles. The number of rotatable bonds is 2. The fraction of sp³-hybridized carbons (Fsp3) is 0.0625. The minimum Gasteiger partial charge on any atom is -0.478 e. The van der Waals surface area contributed by atoms with E-state index in [9.17, 15) is 14.4 Å². The zero-order valence-electron chi connectivity index (χ0n) is 11.2. The second-order valence-electron chi connectivity index (χ2n) is 4.46. The Labute approximate surface area is 119 Å². The van der Waals surface area contributed by atoms with Crippen molar-refractivity contribution in [3.63, 3.8) is 0 Å². The van der Waals surface area contributed by atoms with Gasteiger partial charge in [0.05, 0.1) is 11.1 Å². The Morgan fingerprint density at radius 3 is 1.57 bits per heavy atom. The third kappa shape index (κ3) is 2.97. The van der Waals surface area contributed by atoms with Crippen LogP contribution in [-0.4, -0.2) is 22.2 Å². The Kier molecular flexibility index (Phi) is 3.84. The third-order valence-electron chi connectivity index (χ3n) is 3.15. The molecule has 0 radical (unpaired) electrons. The van der Waals surface area contributed by atoms with Crippen LogP contribution in [0, 0.1) is 6.92 Å². The van der Waals surface area contributed by atoms with Gasteiger partial charge in [0.2, 0.25) is 0 Å². The summed E-state index contributed by atoms with van der Waals surface area (Å²) in [6, 6.07) is 11.6. The molecule has 0 spiro atoms. The van der Waals surface area contributed by atoms with Gasteiger partial charge in [-0.2, -0.15) is 0 Å². The molecule has 106 valence electrons. The van der Waals surface area contributed by atoms with Crippen molar-refractivity contribution in [2.24, 2.45) is 0 Å². The first-order chi connectivity index (χ1) is 9.93. The second-order valence-corrected chi connectivity index (χ2v) is 4.46. The van der Waals surface area contributed by atoms with Crippen molar-refractivity contribution < 1.29 is 19.8 Å². The molecule has 21 heavy (non-hydrogen) atoms. The highest BCUT2D eigenvalue weighted by molar-refractivity contribution is 5.97. The molecule has 3 aromatic rings.